The van der Waals surface area contributed by atoms with E-state index in [0.29, 0.717) is 34.7 Å². The van der Waals surface area contributed by atoms with Crippen molar-refractivity contribution in [3.8, 4) is 33.8 Å². The van der Waals surface area contributed by atoms with Crippen molar-refractivity contribution in [1.82, 2.24) is 30.1 Å². The van der Waals surface area contributed by atoms with Crippen molar-refractivity contribution >= 4 is 33.5 Å². The Balaban J connectivity index is 1.39. The molecule has 0 bridgehead atoms. The molecule has 0 unspecified atom stereocenters. The highest BCUT2D eigenvalue weighted by Gasteiger charge is 2.17. The minimum Gasteiger partial charge on any atom is -0.353 e. The third-order valence-corrected chi connectivity index (χ3v) is 6.30. The lowest BCUT2D eigenvalue weighted by Crippen LogP contribution is -2.13. The highest BCUT2D eigenvalue weighted by Crippen LogP contribution is 2.34. The predicted molar refractivity (Wildman–Crippen MR) is 146 cm³/mol. The van der Waals surface area contributed by atoms with Crippen LogP contribution in [0, 0.1) is 11.7 Å². The molecule has 0 radical (unpaired) electrons. The van der Waals surface area contributed by atoms with E-state index in [-0.39, 0.29) is 17.6 Å². The van der Waals surface area contributed by atoms with Crippen molar-refractivity contribution in [3.63, 3.8) is 0 Å². The summed E-state index contributed by atoms with van der Waals surface area (Å²) in [5, 5.41) is 12.0. The maximum Gasteiger partial charge on any atom is 0.224 e. The molecule has 0 aliphatic carbocycles. The Hall–Kier alpha value is -4.92. The lowest BCUT2D eigenvalue weighted by Gasteiger charge is -2.08. The molecule has 9 heteroatoms. The van der Waals surface area contributed by atoms with Crippen molar-refractivity contribution in [3.05, 3.63) is 79.1 Å². The summed E-state index contributed by atoms with van der Waals surface area (Å²) in [6, 6.07) is 14.2. The van der Waals surface area contributed by atoms with Crippen LogP contribution in [0.1, 0.15) is 20.3 Å². The van der Waals surface area contributed by atoms with Crippen molar-refractivity contribution in [2.24, 2.45) is 5.92 Å². The third kappa shape index (κ3) is 4.39. The zero-order valence-corrected chi connectivity index (χ0v) is 20.8. The Bertz CT molecular complexity index is 1800. The molecular weight excluding hydrogens is 481 g/mol. The first-order chi connectivity index (χ1) is 18.5. The number of carbonyl (C=O) groups is 1. The van der Waals surface area contributed by atoms with Gasteiger partial charge in [0.25, 0.3) is 0 Å². The van der Waals surface area contributed by atoms with E-state index < -0.39 is 0 Å². The Morgan fingerprint density at radius 1 is 0.974 bits per heavy atom. The van der Waals surface area contributed by atoms with Crippen molar-refractivity contribution < 1.29 is 9.18 Å². The van der Waals surface area contributed by atoms with E-state index in [4.69, 9.17) is 0 Å². The summed E-state index contributed by atoms with van der Waals surface area (Å²) in [6.07, 6.45) is 7.20. The fourth-order valence-corrected chi connectivity index (χ4v) is 4.56. The van der Waals surface area contributed by atoms with E-state index in [9.17, 15) is 9.18 Å². The molecule has 0 aliphatic heterocycles. The number of halogens is 1. The molecule has 6 aromatic rings. The normalized spacial score (nSPS) is 11.5. The number of fused-ring (bicyclic) bond motifs is 2. The van der Waals surface area contributed by atoms with E-state index in [0.717, 1.165) is 33.1 Å². The van der Waals surface area contributed by atoms with Crippen LogP contribution in [-0.2, 0) is 4.79 Å². The van der Waals surface area contributed by atoms with Crippen LogP contribution in [-0.4, -0.2) is 36.0 Å². The Morgan fingerprint density at radius 3 is 2.66 bits per heavy atom. The third-order valence-electron chi connectivity index (χ3n) is 6.30. The summed E-state index contributed by atoms with van der Waals surface area (Å²) in [5.74, 6) is -0.112. The first kappa shape index (κ1) is 23.5. The van der Waals surface area contributed by atoms with Gasteiger partial charge in [-0.15, -0.1) is 0 Å². The van der Waals surface area contributed by atoms with E-state index in [1.807, 2.05) is 38.1 Å². The number of nitrogens with one attached hydrogen (secondary N) is 3. The molecule has 0 saturated carbocycles. The standard InChI is InChI=1S/C29H24FN7O/c1-16(2)9-26(38)34-19-10-17(13-31-15-19)18-11-22-28(36-37-29(22)33-14-18)25-12-21-24(35-25)7-8-32-27(21)20-5-3-4-6-23(20)30/h3-8,10-16,35H,9H2,1-2H3,(H,34,38)(H,33,36,37). The second-order valence-corrected chi connectivity index (χ2v) is 9.58. The largest absolute Gasteiger partial charge is 0.353 e. The number of carbonyl (C=O) groups excluding carboxylic acids is 1. The monoisotopic (exact) mass is 505 g/mol. The lowest BCUT2D eigenvalue weighted by molar-refractivity contribution is -0.116. The van der Waals surface area contributed by atoms with Crippen molar-refractivity contribution in [1.29, 1.82) is 0 Å². The van der Waals surface area contributed by atoms with Gasteiger partial charge in [0.2, 0.25) is 5.91 Å². The molecule has 0 fully saturated rings. The number of amides is 1. The Kier molecular flexibility index (Phi) is 5.88. The van der Waals surface area contributed by atoms with E-state index >= 15 is 0 Å². The van der Waals surface area contributed by atoms with Crippen LogP contribution >= 0.6 is 0 Å². The Morgan fingerprint density at radius 2 is 1.82 bits per heavy atom. The summed E-state index contributed by atoms with van der Waals surface area (Å²) in [5.41, 5.74) is 6.16. The molecule has 8 nitrogen and oxygen atoms in total. The highest BCUT2D eigenvalue weighted by atomic mass is 19.1. The molecule has 188 valence electrons. The molecule has 6 rings (SSSR count). The Labute approximate surface area is 217 Å². The predicted octanol–water partition coefficient (Wildman–Crippen LogP) is 6.35. The number of anilines is 1. The second kappa shape index (κ2) is 9.51. The van der Waals surface area contributed by atoms with Gasteiger partial charge in [0.15, 0.2) is 5.65 Å². The molecule has 0 saturated heterocycles. The summed E-state index contributed by atoms with van der Waals surface area (Å²) >= 11 is 0. The highest BCUT2D eigenvalue weighted by molar-refractivity contribution is 6.00. The molecule has 5 aromatic heterocycles. The quantitative estimate of drug-likeness (QED) is 0.244. The minimum absolute atomic E-state index is 0.0484. The number of aromatic amines is 2. The van der Waals surface area contributed by atoms with E-state index in [1.54, 1.807) is 43.0 Å². The van der Waals surface area contributed by atoms with Crippen LogP contribution in [0.2, 0.25) is 0 Å². The maximum atomic E-state index is 14.5. The van der Waals surface area contributed by atoms with Gasteiger partial charge in [-0.3, -0.25) is 19.9 Å². The second-order valence-electron chi connectivity index (χ2n) is 9.58. The first-order valence-corrected chi connectivity index (χ1v) is 12.3. The molecule has 5 heterocycles. The molecule has 1 aromatic carbocycles. The smallest absolute Gasteiger partial charge is 0.224 e. The molecule has 0 spiro atoms. The minimum atomic E-state index is -0.328. The van der Waals surface area contributed by atoms with E-state index in [2.05, 4.69) is 35.5 Å². The summed E-state index contributed by atoms with van der Waals surface area (Å²) in [6.45, 7) is 4.00. The zero-order valence-electron chi connectivity index (χ0n) is 20.8. The summed E-state index contributed by atoms with van der Waals surface area (Å²) in [7, 11) is 0. The molecule has 3 N–H and O–H groups in total. The van der Waals surface area contributed by atoms with Crippen molar-refractivity contribution in [2.45, 2.75) is 20.3 Å². The molecular formula is C29H24FN7O. The number of rotatable bonds is 6. The average Bonchev–Trinajstić information content (AvgIpc) is 3.52. The van der Waals surface area contributed by atoms with Crippen LogP contribution in [0.4, 0.5) is 10.1 Å². The molecule has 1 amide bonds. The SMILES string of the molecule is CC(C)CC(=O)Nc1cncc(-c2cnc3[nH]nc(-c4cc5c(-c6ccccc6F)nccc5[nH]4)c3c2)c1. The first-order valence-electron chi connectivity index (χ1n) is 12.3. The van der Waals surface area contributed by atoms with Crippen LogP contribution in [0.5, 0.6) is 0 Å². The lowest BCUT2D eigenvalue weighted by atomic mass is 10.1. The van der Waals surface area contributed by atoms with Gasteiger partial charge in [-0.05, 0) is 42.3 Å². The average molecular weight is 506 g/mol. The summed E-state index contributed by atoms with van der Waals surface area (Å²) < 4.78 is 14.5. The number of hydrogen-bond acceptors (Lipinski definition) is 5. The molecule has 0 aliphatic rings. The van der Waals surface area contributed by atoms with Crippen LogP contribution in [0.15, 0.2) is 73.3 Å². The fraction of sp³-hybridized carbons (Fsp3) is 0.138. The van der Waals surface area contributed by atoms with Gasteiger partial charge < -0.3 is 10.3 Å². The number of hydrogen-bond donors (Lipinski definition) is 3. The number of aromatic nitrogens is 6. The maximum absolute atomic E-state index is 14.5. The number of benzene rings is 1. The van der Waals surface area contributed by atoms with Gasteiger partial charge in [0.05, 0.1) is 23.3 Å². The van der Waals surface area contributed by atoms with Gasteiger partial charge in [0.1, 0.15) is 11.5 Å². The van der Waals surface area contributed by atoms with Gasteiger partial charge >= 0.3 is 0 Å². The number of H-pyrrole nitrogens is 2. The van der Waals surface area contributed by atoms with Crippen LogP contribution < -0.4 is 5.32 Å². The van der Waals surface area contributed by atoms with E-state index in [1.165, 1.54) is 6.07 Å². The zero-order chi connectivity index (χ0) is 26.2. The molecule has 0 atom stereocenters. The van der Waals surface area contributed by atoms with Crippen LogP contribution in [0.3, 0.4) is 0 Å². The van der Waals surface area contributed by atoms with Crippen LogP contribution in [0.25, 0.3) is 55.7 Å². The fourth-order valence-electron chi connectivity index (χ4n) is 4.56. The summed E-state index contributed by atoms with van der Waals surface area (Å²) in [4.78, 5) is 28.9. The van der Waals surface area contributed by atoms with Gasteiger partial charge in [-0.1, -0.05) is 26.0 Å². The van der Waals surface area contributed by atoms with Crippen molar-refractivity contribution in [2.75, 3.05) is 5.32 Å². The van der Waals surface area contributed by atoms with Gasteiger partial charge in [0, 0.05) is 58.0 Å². The van der Waals surface area contributed by atoms with Gasteiger partial charge in [-0.25, -0.2) is 9.37 Å². The number of pyridine rings is 3. The topological polar surface area (TPSA) is 112 Å². The van der Waals surface area contributed by atoms with Gasteiger partial charge in [-0.2, -0.15) is 5.10 Å². The molecule has 38 heavy (non-hydrogen) atoms. The number of nitrogens with zero attached hydrogens (tertiary/aromatic N) is 4.